The zero-order valence-electron chi connectivity index (χ0n) is 10.1. The SMILES string of the molecule is C=CC1C=CC=C(COC(=O)[C@@H](C)S(=O)(=O)O)C1. The third kappa shape index (κ3) is 4.12. The van der Waals surface area contributed by atoms with Crippen molar-refractivity contribution in [3.63, 3.8) is 0 Å². The van der Waals surface area contributed by atoms with Crippen molar-refractivity contribution in [2.24, 2.45) is 5.92 Å². The summed E-state index contributed by atoms with van der Waals surface area (Å²) in [7, 11) is -4.39. The fraction of sp³-hybridized carbons (Fsp3) is 0.417. The number of carbonyl (C=O) groups is 1. The summed E-state index contributed by atoms with van der Waals surface area (Å²) >= 11 is 0. The van der Waals surface area contributed by atoms with Gasteiger partial charge >= 0.3 is 5.97 Å². The van der Waals surface area contributed by atoms with Gasteiger partial charge in [0.15, 0.2) is 5.25 Å². The van der Waals surface area contributed by atoms with Gasteiger partial charge in [0.05, 0.1) is 0 Å². The molecule has 6 heteroatoms. The Hall–Kier alpha value is -1.40. The highest BCUT2D eigenvalue weighted by Gasteiger charge is 2.27. The van der Waals surface area contributed by atoms with Crippen LogP contribution in [0, 0.1) is 5.92 Å². The molecule has 1 rings (SSSR count). The van der Waals surface area contributed by atoms with Crippen LogP contribution in [0.1, 0.15) is 13.3 Å². The maximum Gasteiger partial charge on any atom is 0.326 e. The molecule has 0 aliphatic heterocycles. The Bertz CT molecular complexity index is 487. The molecule has 0 aromatic heterocycles. The van der Waals surface area contributed by atoms with Crippen LogP contribution in [0.25, 0.3) is 0 Å². The van der Waals surface area contributed by atoms with Crippen molar-refractivity contribution in [2.75, 3.05) is 6.61 Å². The average Bonchev–Trinajstić information content (AvgIpc) is 2.34. The second-order valence-corrected chi connectivity index (χ2v) is 5.82. The molecule has 1 aliphatic carbocycles. The molecule has 0 radical (unpaired) electrons. The first-order valence-electron chi connectivity index (χ1n) is 5.46. The lowest BCUT2D eigenvalue weighted by atomic mass is 9.95. The molecule has 1 aliphatic rings. The number of rotatable bonds is 5. The molecule has 0 saturated carbocycles. The van der Waals surface area contributed by atoms with Crippen molar-refractivity contribution in [1.82, 2.24) is 0 Å². The maximum absolute atomic E-state index is 11.4. The first-order chi connectivity index (χ1) is 8.34. The van der Waals surface area contributed by atoms with Gasteiger partial charge < -0.3 is 4.74 Å². The van der Waals surface area contributed by atoms with E-state index in [0.29, 0.717) is 6.42 Å². The molecular weight excluding hydrogens is 256 g/mol. The van der Waals surface area contributed by atoms with E-state index in [1.807, 2.05) is 18.2 Å². The van der Waals surface area contributed by atoms with E-state index in [1.54, 1.807) is 6.08 Å². The van der Waals surface area contributed by atoms with Crippen molar-refractivity contribution >= 4 is 16.1 Å². The summed E-state index contributed by atoms with van der Waals surface area (Å²) in [6.07, 6.45) is 8.09. The molecule has 0 aromatic carbocycles. The highest BCUT2D eigenvalue weighted by Crippen LogP contribution is 2.19. The highest BCUT2D eigenvalue weighted by molar-refractivity contribution is 7.87. The van der Waals surface area contributed by atoms with Gasteiger partial charge in [0.2, 0.25) is 0 Å². The molecule has 18 heavy (non-hydrogen) atoms. The van der Waals surface area contributed by atoms with Gasteiger partial charge in [-0.25, -0.2) is 0 Å². The van der Waals surface area contributed by atoms with Crippen LogP contribution in [0.5, 0.6) is 0 Å². The van der Waals surface area contributed by atoms with E-state index in [4.69, 9.17) is 9.29 Å². The topological polar surface area (TPSA) is 80.7 Å². The summed E-state index contributed by atoms with van der Waals surface area (Å²) in [6, 6.07) is 0. The molecule has 0 aromatic rings. The summed E-state index contributed by atoms with van der Waals surface area (Å²) in [5.41, 5.74) is 0.873. The summed E-state index contributed by atoms with van der Waals surface area (Å²) in [6.45, 7) is 4.78. The van der Waals surface area contributed by atoms with Gasteiger partial charge in [0, 0.05) is 0 Å². The number of hydrogen-bond acceptors (Lipinski definition) is 4. The largest absolute Gasteiger partial charge is 0.460 e. The van der Waals surface area contributed by atoms with E-state index < -0.39 is 21.3 Å². The number of hydrogen-bond donors (Lipinski definition) is 1. The molecule has 1 unspecified atom stereocenters. The standard InChI is InChI=1S/C12H16O5S/c1-3-10-5-4-6-11(7-10)8-17-12(13)9(2)18(14,15)16/h3-6,9-10H,1,7-8H2,2H3,(H,14,15,16)/t9-,10?/m1/s1. The predicted octanol–water partition coefficient (Wildman–Crippen LogP) is 1.49. The molecular formula is C12H16O5S. The quantitative estimate of drug-likeness (QED) is 0.466. The summed E-state index contributed by atoms with van der Waals surface area (Å²) in [5, 5.41) is -1.56. The Kier molecular flexibility index (Phi) is 4.86. The number of carbonyl (C=O) groups excluding carboxylic acids is 1. The second kappa shape index (κ2) is 5.97. The molecule has 0 amide bonds. The van der Waals surface area contributed by atoms with Crippen LogP contribution in [0.15, 0.2) is 36.5 Å². The molecule has 0 bridgehead atoms. The Balaban J connectivity index is 2.52. The minimum absolute atomic E-state index is 0.0212. The van der Waals surface area contributed by atoms with Crippen molar-refractivity contribution in [2.45, 2.75) is 18.6 Å². The monoisotopic (exact) mass is 272 g/mol. The minimum atomic E-state index is -4.39. The molecule has 5 nitrogen and oxygen atoms in total. The van der Waals surface area contributed by atoms with Crippen LogP contribution >= 0.6 is 0 Å². The van der Waals surface area contributed by atoms with Gasteiger partial charge in [-0.05, 0) is 24.8 Å². The van der Waals surface area contributed by atoms with E-state index in [9.17, 15) is 13.2 Å². The summed E-state index contributed by atoms with van der Waals surface area (Å²) in [5.74, 6) is -0.759. The zero-order chi connectivity index (χ0) is 13.8. The number of esters is 1. The molecule has 1 N–H and O–H groups in total. The number of ether oxygens (including phenoxy) is 1. The third-order valence-corrected chi connectivity index (χ3v) is 3.76. The lowest BCUT2D eigenvalue weighted by Gasteiger charge is -2.16. The maximum atomic E-state index is 11.4. The smallest absolute Gasteiger partial charge is 0.326 e. The first kappa shape index (κ1) is 14.7. The molecule has 0 fully saturated rings. The zero-order valence-corrected chi connectivity index (χ0v) is 10.9. The van der Waals surface area contributed by atoms with E-state index in [1.165, 1.54) is 0 Å². The van der Waals surface area contributed by atoms with Crippen LogP contribution in [-0.4, -0.2) is 30.8 Å². The lowest BCUT2D eigenvalue weighted by Crippen LogP contribution is -2.29. The van der Waals surface area contributed by atoms with Crippen LogP contribution < -0.4 is 0 Å². The molecule has 2 atom stereocenters. The summed E-state index contributed by atoms with van der Waals surface area (Å²) in [4.78, 5) is 11.4. The normalized spacial score (nSPS) is 21.0. The van der Waals surface area contributed by atoms with E-state index in [0.717, 1.165) is 12.5 Å². The van der Waals surface area contributed by atoms with E-state index in [2.05, 4.69) is 6.58 Å². The van der Waals surface area contributed by atoms with Crippen LogP contribution in [0.3, 0.4) is 0 Å². The van der Waals surface area contributed by atoms with Crippen molar-refractivity contribution < 1.29 is 22.5 Å². The minimum Gasteiger partial charge on any atom is -0.460 e. The molecule has 0 spiro atoms. The Morgan fingerprint density at radius 3 is 2.94 bits per heavy atom. The number of allylic oxidation sites excluding steroid dienone is 4. The highest BCUT2D eigenvalue weighted by atomic mass is 32.2. The van der Waals surface area contributed by atoms with Crippen molar-refractivity contribution in [3.05, 3.63) is 36.5 Å². The van der Waals surface area contributed by atoms with Gasteiger partial charge in [-0.15, -0.1) is 6.58 Å². The van der Waals surface area contributed by atoms with Crippen LogP contribution in [0.4, 0.5) is 0 Å². The van der Waals surface area contributed by atoms with Gasteiger partial charge in [-0.3, -0.25) is 9.35 Å². The Morgan fingerprint density at radius 1 is 1.72 bits per heavy atom. The molecule has 0 heterocycles. The van der Waals surface area contributed by atoms with Crippen LogP contribution in [-0.2, 0) is 19.6 Å². The lowest BCUT2D eigenvalue weighted by molar-refractivity contribution is -0.141. The fourth-order valence-corrected chi connectivity index (χ4v) is 1.76. The fourth-order valence-electron chi connectivity index (χ4n) is 1.44. The molecule has 100 valence electrons. The van der Waals surface area contributed by atoms with Gasteiger partial charge in [-0.1, -0.05) is 24.3 Å². The summed E-state index contributed by atoms with van der Waals surface area (Å²) < 4.78 is 35.0. The van der Waals surface area contributed by atoms with Gasteiger partial charge in [0.25, 0.3) is 10.1 Å². The van der Waals surface area contributed by atoms with Gasteiger partial charge in [-0.2, -0.15) is 8.42 Å². The first-order valence-corrected chi connectivity index (χ1v) is 6.96. The van der Waals surface area contributed by atoms with E-state index in [-0.39, 0.29) is 12.5 Å². The predicted molar refractivity (Wildman–Crippen MR) is 67.5 cm³/mol. The van der Waals surface area contributed by atoms with Crippen LogP contribution in [0.2, 0.25) is 0 Å². The average molecular weight is 272 g/mol. The van der Waals surface area contributed by atoms with E-state index >= 15 is 0 Å². The second-order valence-electron chi connectivity index (χ2n) is 4.08. The Morgan fingerprint density at radius 2 is 2.39 bits per heavy atom. The van der Waals surface area contributed by atoms with Crippen molar-refractivity contribution in [3.8, 4) is 0 Å². The molecule has 0 saturated heterocycles. The van der Waals surface area contributed by atoms with Gasteiger partial charge in [0.1, 0.15) is 6.61 Å². The third-order valence-electron chi connectivity index (χ3n) is 2.67. The Labute approximate surface area is 107 Å². The van der Waals surface area contributed by atoms with Crippen molar-refractivity contribution in [1.29, 1.82) is 0 Å².